The number of nitrogens with one attached hydrogen (secondary N) is 1. The Balaban J connectivity index is 1.68. The second-order valence-corrected chi connectivity index (χ2v) is 5.64. The van der Waals surface area contributed by atoms with Crippen LogP contribution < -0.4 is 5.32 Å². The molecule has 0 aromatic heterocycles. The zero-order valence-corrected chi connectivity index (χ0v) is 11.6. The minimum Gasteiger partial charge on any atom is -0.380 e. The Morgan fingerprint density at radius 1 is 1.16 bits per heavy atom. The molecule has 2 fully saturated rings. The molecule has 2 unspecified atom stereocenters. The summed E-state index contributed by atoms with van der Waals surface area (Å²) < 4.78 is 5.66. The summed E-state index contributed by atoms with van der Waals surface area (Å²) in [4.78, 5) is 2.64. The number of rotatable bonds is 2. The quantitative estimate of drug-likeness (QED) is 0.882. The van der Waals surface area contributed by atoms with Crippen LogP contribution in [0.15, 0.2) is 30.3 Å². The third kappa shape index (κ3) is 3.35. The van der Waals surface area contributed by atoms with Crippen LogP contribution in [0.5, 0.6) is 0 Å². The van der Waals surface area contributed by atoms with Gasteiger partial charge in [-0.15, -0.1) is 0 Å². The molecule has 2 atom stereocenters. The van der Waals surface area contributed by atoms with Gasteiger partial charge in [-0.05, 0) is 37.9 Å². The molecule has 1 aromatic rings. The highest BCUT2D eigenvalue weighted by Gasteiger charge is 2.26. The molecule has 2 aliphatic rings. The van der Waals surface area contributed by atoms with E-state index in [9.17, 15) is 0 Å². The Hall–Kier alpha value is -0.900. The molecule has 2 heterocycles. The van der Waals surface area contributed by atoms with E-state index >= 15 is 0 Å². The lowest BCUT2D eigenvalue weighted by molar-refractivity contribution is 0.0173. The molecule has 3 heteroatoms. The summed E-state index contributed by atoms with van der Waals surface area (Å²) in [5.74, 6) is 0. The third-order valence-corrected chi connectivity index (χ3v) is 4.28. The van der Waals surface area contributed by atoms with Crippen molar-refractivity contribution in [3.8, 4) is 0 Å². The van der Waals surface area contributed by atoms with Crippen LogP contribution in [0.4, 0.5) is 0 Å². The maximum Gasteiger partial charge on any atom is 0.0621 e. The van der Waals surface area contributed by atoms with Crippen LogP contribution >= 0.6 is 0 Å². The van der Waals surface area contributed by atoms with Gasteiger partial charge in [0.1, 0.15) is 0 Å². The van der Waals surface area contributed by atoms with E-state index in [4.69, 9.17) is 4.74 Å². The second-order valence-electron chi connectivity index (χ2n) is 5.64. The van der Waals surface area contributed by atoms with Gasteiger partial charge in [0.05, 0.1) is 6.61 Å². The molecular formula is C16H24N2O. The van der Waals surface area contributed by atoms with Crippen molar-refractivity contribution in [1.82, 2.24) is 10.2 Å². The summed E-state index contributed by atoms with van der Waals surface area (Å²) in [7, 11) is 0. The van der Waals surface area contributed by atoms with Crippen LogP contribution in [-0.2, 0) is 4.74 Å². The first-order valence-corrected chi connectivity index (χ1v) is 7.53. The Labute approximate surface area is 115 Å². The van der Waals surface area contributed by atoms with Crippen LogP contribution in [0.25, 0.3) is 0 Å². The average Bonchev–Trinajstić information content (AvgIpc) is 2.75. The standard InChI is InChI=1S/C16H24N2O/c1-2-6-14(7-3-1)16-12-18(10-5-9-17-16)15-8-4-11-19-13-15/h1-3,6-7,15-17H,4-5,8-13H2. The largest absolute Gasteiger partial charge is 0.380 e. The molecule has 2 aliphatic heterocycles. The second kappa shape index (κ2) is 6.51. The van der Waals surface area contributed by atoms with Gasteiger partial charge in [0.15, 0.2) is 0 Å². The van der Waals surface area contributed by atoms with Crippen molar-refractivity contribution >= 4 is 0 Å². The predicted octanol–water partition coefficient (Wildman–Crippen LogP) is 2.20. The lowest BCUT2D eigenvalue weighted by Gasteiger charge is -2.34. The van der Waals surface area contributed by atoms with Crippen molar-refractivity contribution in [3.63, 3.8) is 0 Å². The van der Waals surface area contributed by atoms with Crippen LogP contribution in [0.2, 0.25) is 0 Å². The van der Waals surface area contributed by atoms with E-state index in [1.807, 2.05) is 0 Å². The predicted molar refractivity (Wildman–Crippen MR) is 77.2 cm³/mol. The molecule has 2 saturated heterocycles. The first kappa shape index (κ1) is 13.1. The normalized spacial score (nSPS) is 29.9. The van der Waals surface area contributed by atoms with Gasteiger partial charge in [0.25, 0.3) is 0 Å². The Morgan fingerprint density at radius 2 is 2.05 bits per heavy atom. The summed E-state index contributed by atoms with van der Waals surface area (Å²) in [6.07, 6.45) is 3.74. The van der Waals surface area contributed by atoms with Crippen LogP contribution in [0, 0.1) is 0 Å². The number of nitrogens with zero attached hydrogens (tertiary/aromatic N) is 1. The highest BCUT2D eigenvalue weighted by atomic mass is 16.5. The van der Waals surface area contributed by atoms with Gasteiger partial charge >= 0.3 is 0 Å². The zero-order valence-electron chi connectivity index (χ0n) is 11.6. The molecule has 0 amide bonds. The average molecular weight is 260 g/mol. The Bertz CT molecular complexity index is 376. The summed E-state index contributed by atoms with van der Waals surface area (Å²) in [5.41, 5.74) is 1.41. The Kier molecular flexibility index (Phi) is 4.49. The minimum atomic E-state index is 0.464. The molecule has 3 nitrogen and oxygen atoms in total. The number of benzene rings is 1. The summed E-state index contributed by atoms with van der Waals surface area (Å²) >= 11 is 0. The maximum absolute atomic E-state index is 5.66. The maximum atomic E-state index is 5.66. The van der Waals surface area contributed by atoms with Gasteiger partial charge in [-0.1, -0.05) is 30.3 Å². The third-order valence-electron chi connectivity index (χ3n) is 4.28. The molecule has 19 heavy (non-hydrogen) atoms. The van der Waals surface area contributed by atoms with Crippen molar-refractivity contribution in [3.05, 3.63) is 35.9 Å². The molecule has 1 N–H and O–H groups in total. The van der Waals surface area contributed by atoms with E-state index in [0.29, 0.717) is 12.1 Å². The first-order chi connectivity index (χ1) is 9.43. The van der Waals surface area contributed by atoms with Gasteiger partial charge in [-0.25, -0.2) is 0 Å². The van der Waals surface area contributed by atoms with E-state index < -0.39 is 0 Å². The van der Waals surface area contributed by atoms with Crippen molar-refractivity contribution in [1.29, 1.82) is 0 Å². The van der Waals surface area contributed by atoms with Crippen molar-refractivity contribution in [2.24, 2.45) is 0 Å². The van der Waals surface area contributed by atoms with Gasteiger partial charge < -0.3 is 10.1 Å². The minimum absolute atomic E-state index is 0.464. The number of hydrogen-bond donors (Lipinski definition) is 1. The summed E-state index contributed by atoms with van der Waals surface area (Å²) in [6.45, 7) is 5.29. The van der Waals surface area contributed by atoms with E-state index in [-0.39, 0.29) is 0 Å². The SMILES string of the molecule is c1ccc(C2CN(C3CCCOC3)CCCN2)cc1. The zero-order chi connectivity index (χ0) is 12.9. The Morgan fingerprint density at radius 3 is 2.84 bits per heavy atom. The van der Waals surface area contributed by atoms with Crippen LogP contribution in [0.3, 0.4) is 0 Å². The van der Waals surface area contributed by atoms with E-state index in [2.05, 4.69) is 40.5 Å². The molecule has 0 bridgehead atoms. The fourth-order valence-corrected chi connectivity index (χ4v) is 3.20. The summed E-state index contributed by atoms with van der Waals surface area (Å²) in [5, 5.41) is 3.68. The monoisotopic (exact) mass is 260 g/mol. The van der Waals surface area contributed by atoms with Crippen LogP contribution in [-0.4, -0.2) is 43.8 Å². The molecular weight excluding hydrogens is 236 g/mol. The first-order valence-electron chi connectivity index (χ1n) is 7.53. The van der Waals surface area contributed by atoms with Crippen molar-refractivity contribution < 1.29 is 4.74 Å². The lowest BCUT2D eigenvalue weighted by atomic mass is 10.0. The molecule has 1 aromatic carbocycles. The summed E-state index contributed by atoms with van der Waals surface area (Å²) in [6, 6.07) is 11.9. The smallest absolute Gasteiger partial charge is 0.0621 e. The van der Waals surface area contributed by atoms with E-state index in [1.54, 1.807) is 0 Å². The number of hydrogen-bond acceptors (Lipinski definition) is 3. The van der Waals surface area contributed by atoms with Gasteiger partial charge in [-0.2, -0.15) is 0 Å². The molecule has 3 rings (SSSR count). The fourth-order valence-electron chi connectivity index (χ4n) is 3.20. The molecule has 0 saturated carbocycles. The van der Waals surface area contributed by atoms with Crippen molar-refractivity contribution in [2.45, 2.75) is 31.3 Å². The van der Waals surface area contributed by atoms with Gasteiger partial charge in [0.2, 0.25) is 0 Å². The van der Waals surface area contributed by atoms with Gasteiger partial charge in [-0.3, -0.25) is 4.90 Å². The molecule has 0 aliphatic carbocycles. The lowest BCUT2D eigenvalue weighted by Crippen LogP contribution is -2.43. The fraction of sp³-hybridized carbons (Fsp3) is 0.625. The van der Waals surface area contributed by atoms with Gasteiger partial charge in [0, 0.05) is 25.2 Å². The topological polar surface area (TPSA) is 24.5 Å². The molecule has 0 spiro atoms. The van der Waals surface area contributed by atoms with Crippen LogP contribution in [0.1, 0.15) is 30.9 Å². The van der Waals surface area contributed by atoms with E-state index in [0.717, 1.165) is 26.3 Å². The van der Waals surface area contributed by atoms with E-state index in [1.165, 1.54) is 31.4 Å². The highest BCUT2D eigenvalue weighted by Crippen LogP contribution is 2.21. The number of ether oxygens (including phenoxy) is 1. The molecule has 0 radical (unpaired) electrons. The van der Waals surface area contributed by atoms with Crippen molar-refractivity contribution in [2.75, 3.05) is 32.8 Å². The highest BCUT2D eigenvalue weighted by molar-refractivity contribution is 5.19. The molecule has 104 valence electrons.